The molecule has 25 heavy (non-hydrogen) atoms. The first-order chi connectivity index (χ1) is 11.9. The monoisotopic (exact) mass is 487 g/mol. The highest BCUT2D eigenvalue weighted by atomic mass is 127. The molecule has 0 radical (unpaired) electrons. The van der Waals surface area contributed by atoms with Crippen LogP contribution >= 0.6 is 46.0 Å². The van der Waals surface area contributed by atoms with Crippen LogP contribution in [-0.2, 0) is 7.05 Å². The standard InChI is InChI=1S/C17H12ClFIN3OS/c1-23-7-6-21-17(23)25-15-5-2-10(18)8-14(15)22-16(24)12-4-3-11(19)9-13(12)20/h2-9H,1H3,(H,22,24). The molecule has 1 amide bonds. The molecule has 3 aromatic rings. The Kier molecular flexibility index (Phi) is 5.65. The molecule has 0 aliphatic carbocycles. The molecule has 1 heterocycles. The number of imidazole rings is 1. The van der Waals surface area contributed by atoms with Gasteiger partial charge in [-0.05, 0) is 70.8 Å². The topological polar surface area (TPSA) is 46.9 Å². The average molecular weight is 488 g/mol. The highest BCUT2D eigenvalue weighted by molar-refractivity contribution is 14.1. The van der Waals surface area contributed by atoms with Crippen LogP contribution in [0.25, 0.3) is 0 Å². The van der Waals surface area contributed by atoms with Crippen molar-refractivity contribution < 1.29 is 9.18 Å². The normalized spacial score (nSPS) is 10.7. The molecule has 0 unspecified atom stereocenters. The second-order valence-corrected chi connectivity index (χ2v) is 7.75. The average Bonchev–Trinajstić information content (AvgIpc) is 2.95. The first-order valence-corrected chi connectivity index (χ1v) is 9.42. The van der Waals surface area contributed by atoms with Crippen LogP contribution in [0.1, 0.15) is 10.4 Å². The van der Waals surface area contributed by atoms with Crippen LogP contribution in [0.3, 0.4) is 0 Å². The van der Waals surface area contributed by atoms with Crippen molar-refractivity contribution in [1.29, 1.82) is 0 Å². The van der Waals surface area contributed by atoms with E-state index in [2.05, 4.69) is 10.3 Å². The lowest BCUT2D eigenvalue weighted by molar-refractivity contribution is 0.102. The van der Waals surface area contributed by atoms with Gasteiger partial charge in [-0.2, -0.15) is 0 Å². The maximum atomic E-state index is 13.2. The van der Waals surface area contributed by atoms with Gasteiger partial charge in [0.15, 0.2) is 5.16 Å². The maximum absolute atomic E-state index is 13.2. The molecular weight excluding hydrogens is 476 g/mol. The third kappa shape index (κ3) is 4.34. The van der Waals surface area contributed by atoms with E-state index in [1.807, 2.05) is 46.5 Å². The van der Waals surface area contributed by atoms with Crippen molar-refractivity contribution in [3.05, 3.63) is 68.8 Å². The summed E-state index contributed by atoms with van der Waals surface area (Å²) in [6, 6.07) is 9.30. The number of aromatic nitrogens is 2. The van der Waals surface area contributed by atoms with Gasteiger partial charge < -0.3 is 9.88 Å². The van der Waals surface area contributed by atoms with Crippen LogP contribution in [0.5, 0.6) is 0 Å². The summed E-state index contributed by atoms with van der Waals surface area (Å²) in [5, 5.41) is 4.15. The number of carbonyl (C=O) groups is 1. The van der Waals surface area contributed by atoms with Crippen molar-refractivity contribution in [1.82, 2.24) is 9.55 Å². The van der Waals surface area contributed by atoms with E-state index in [1.54, 1.807) is 18.3 Å². The molecule has 0 aliphatic rings. The SMILES string of the molecule is Cn1ccnc1Sc1ccc(Cl)cc1NC(=O)c1ccc(F)cc1I. The summed E-state index contributed by atoms with van der Waals surface area (Å²) in [6.45, 7) is 0. The largest absolute Gasteiger partial charge is 0.329 e. The van der Waals surface area contributed by atoms with E-state index in [4.69, 9.17) is 11.6 Å². The van der Waals surface area contributed by atoms with E-state index in [-0.39, 0.29) is 11.7 Å². The molecule has 0 saturated heterocycles. The molecule has 0 aliphatic heterocycles. The molecule has 128 valence electrons. The van der Waals surface area contributed by atoms with Gasteiger partial charge in [-0.3, -0.25) is 4.79 Å². The number of hydrogen-bond donors (Lipinski definition) is 1. The fourth-order valence-corrected chi connectivity index (χ4v) is 3.87. The van der Waals surface area contributed by atoms with E-state index in [9.17, 15) is 9.18 Å². The molecular formula is C17H12ClFIN3OS. The summed E-state index contributed by atoms with van der Waals surface area (Å²) in [7, 11) is 1.89. The summed E-state index contributed by atoms with van der Waals surface area (Å²) >= 11 is 9.43. The zero-order valence-corrected chi connectivity index (χ0v) is 16.7. The Labute approximate surface area is 166 Å². The highest BCUT2D eigenvalue weighted by Gasteiger charge is 2.15. The number of benzene rings is 2. The molecule has 0 saturated carbocycles. The summed E-state index contributed by atoms with van der Waals surface area (Å²) < 4.78 is 15.7. The van der Waals surface area contributed by atoms with Crippen LogP contribution in [0.2, 0.25) is 5.02 Å². The molecule has 0 atom stereocenters. The number of nitrogens with one attached hydrogen (secondary N) is 1. The Morgan fingerprint density at radius 3 is 2.80 bits per heavy atom. The number of carbonyl (C=O) groups excluding carboxylic acids is 1. The summed E-state index contributed by atoms with van der Waals surface area (Å²) in [4.78, 5) is 17.7. The zero-order chi connectivity index (χ0) is 18.0. The lowest BCUT2D eigenvalue weighted by Crippen LogP contribution is -2.14. The van der Waals surface area contributed by atoms with Gasteiger partial charge in [-0.1, -0.05) is 11.6 Å². The molecule has 3 rings (SSSR count). The van der Waals surface area contributed by atoms with E-state index in [0.717, 1.165) is 10.1 Å². The number of anilines is 1. The van der Waals surface area contributed by atoms with E-state index in [0.29, 0.717) is 19.8 Å². The Hall–Kier alpha value is -1.58. The Bertz CT molecular complexity index is 947. The highest BCUT2D eigenvalue weighted by Crippen LogP contribution is 2.34. The van der Waals surface area contributed by atoms with Gasteiger partial charge in [0.05, 0.1) is 11.3 Å². The van der Waals surface area contributed by atoms with Crippen molar-refractivity contribution in [3.63, 3.8) is 0 Å². The smallest absolute Gasteiger partial charge is 0.256 e. The lowest BCUT2D eigenvalue weighted by atomic mass is 10.2. The van der Waals surface area contributed by atoms with Gasteiger partial charge in [0.2, 0.25) is 0 Å². The van der Waals surface area contributed by atoms with Crippen molar-refractivity contribution in [3.8, 4) is 0 Å². The van der Waals surface area contributed by atoms with Gasteiger partial charge in [0.1, 0.15) is 5.82 Å². The van der Waals surface area contributed by atoms with Gasteiger partial charge in [-0.15, -0.1) is 0 Å². The van der Waals surface area contributed by atoms with Crippen LogP contribution in [-0.4, -0.2) is 15.5 Å². The fraction of sp³-hybridized carbons (Fsp3) is 0.0588. The van der Waals surface area contributed by atoms with E-state index >= 15 is 0 Å². The summed E-state index contributed by atoms with van der Waals surface area (Å²) in [5.74, 6) is -0.705. The Morgan fingerprint density at radius 2 is 2.12 bits per heavy atom. The van der Waals surface area contributed by atoms with Crippen molar-refractivity contribution in [2.24, 2.45) is 7.05 Å². The summed E-state index contributed by atoms with van der Waals surface area (Å²) in [5.41, 5.74) is 0.973. The molecule has 4 nitrogen and oxygen atoms in total. The molecule has 0 spiro atoms. The summed E-state index contributed by atoms with van der Waals surface area (Å²) in [6.07, 6.45) is 3.55. The van der Waals surface area contributed by atoms with Crippen LogP contribution in [0.4, 0.5) is 10.1 Å². The number of hydrogen-bond acceptors (Lipinski definition) is 3. The van der Waals surface area contributed by atoms with Gasteiger partial charge in [0, 0.05) is 32.9 Å². The van der Waals surface area contributed by atoms with Gasteiger partial charge in [-0.25, -0.2) is 9.37 Å². The third-order valence-electron chi connectivity index (χ3n) is 3.34. The fourth-order valence-electron chi connectivity index (χ4n) is 2.10. The number of halogens is 3. The van der Waals surface area contributed by atoms with Crippen molar-refractivity contribution in [2.45, 2.75) is 10.1 Å². The Balaban J connectivity index is 1.89. The minimum Gasteiger partial charge on any atom is -0.329 e. The van der Waals surface area contributed by atoms with Crippen LogP contribution < -0.4 is 5.32 Å². The zero-order valence-electron chi connectivity index (χ0n) is 13.0. The quantitative estimate of drug-likeness (QED) is 0.513. The molecule has 0 bridgehead atoms. The molecule has 0 fully saturated rings. The number of nitrogens with zero attached hydrogens (tertiary/aromatic N) is 2. The maximum Gasteiger partial charge on any atom is 0.256 e. The second-order valence-electron chi connectivity index (χ2n) is 5.14. The molecule has 8 heteroatoms. The van der Waals surface area contributed by atoms with E-state index < -0.39 is 0 Å². The number of rotatable bonds is 4. The number of amides is 1. The predicted molar refractivity (Wildman–Crippen MR) is 106 cm³/mol. The number of aryl methyl sites for hydroxylation is 1. The van der Waals surface area contributed by atoms with Gasteiger partial charge >= 0.3 is 0 Å². The van der Waals surface area contributed by atoms with Crippen LogP contribution in [0, 0.1) is 9.39 Å². The minimum atomic E-state index is -0.380. The molecule has 2 aromatic carbocycles. The van der Waals surface area contributed by atoms with Crippen LogP contribution in [0.15, 0.2) is 58.8 Å². The first kappa shape index (κ1) is 18.2. The first-order valence-electron chi connectivity index (χ1n) is 7.15. The predicted octanol–water partition coefficient (Wildman–Crippen LogP) is 5.22. The second kappa shape index (κ2) is 7.76. The van der Waals surface area contributed by atoms with Crippen molar-refractivity contribution >= 4 is 57.5 Å². The minimum absolute atomic E-state index is 0.326. The molecule has 1 N–H and O–H groups in total. The van der Waals surface area contributed by atoms with Gasteiger partial charge in [0.25, 0.3) is 5.91 Å². The third-order valence-corrected chi connectivity index (χ3v) is 5.62. The Morgan fingerprint density at radius 1 is 1.32 bits per heavy atom. The lowest BCUT2D eigenvalue weighted by Gasteiger charge is -2.12. The van der Waals surface area contributed by atoms with E-state index in [1.165, 1.54) is 30.0 Å². The van der Waals surface area contributed by atoms with Crippen molar-refractivity contribution in [2.75, 3.05) is 5.32 Å². The molecule has 1 aromatic heterocycles.